The number of rotatable bonds is 6. The Labute approximate surface area is 219 Å². The van der Waals surface area contributed by atoms with Crippen LogP contribution in [0.25, 0.3) is 17.1 Å². The van der Waals surface area contributed by atoms with Crippen LogP contribution in [0.2, 0.25) is 0 Å². The quantitative estimate of drug-likeness (QED) is 0.287. The average Bonchev–Trinajstić information content (AvgIpc) is 3.16. The normalized spacial score (nSPS) is 18.1. The fourth-order valence-electron chi connectivity index (χ4n) is 4.28. The number of likely N-dealkylation sites (tertiary alicyclic amines) is 1. The standard InChI is InChI=1S/C28H31N3O6/c1-28(2,3)37-25(33)15-9-18-8-12-21-23(16-18)29(4)27(35)31(21)22-13-14-24(32)30(26(22)34)17-19-6-10-20(36-5)11-7-19/h6-12,15-16,22H,13-14,17H2,1-5H3/b15-9+/i4D3. The maximum Gasteiger partial charge on any atom is 0.331 e. The highest BCUT2D eigenvalue weighted by Crippen LogP contribution is 2.28. The average molecular weight is 509 g/mol. The molecule has 1 aliphatic rings. The molecule has 3 aromatic rings. The van der Waals surface area contributed by atoms with Crippen LogP contribution in [0.1, 0.15) is 54.9 Å². The van der Waals surface area contributed by atoms with E-state index in [1.165, 1.54) is 31.4 Å². The molecule has 0 saturated carbocycles. The second-order valence-electron chi connectivity index (χ2n) is 9.82. The number of amides is 2. The van der Waals surface area contributed by atoms with Gasteiger partial charge in [-0.15, -0.1) is 0 Å². The number of aromatic nitrogens is 2. The molecule has 1 aromatic heterocycles. The fourth-order valence-corrected chi connectivity index (χ4v) is 4.28. The van der Waals surface area contributed by atoms with Crippen molar-refractivity contribution >= 4 is 34.9 Å². The van der Waals surface area contributed by atoms with E-state index < -0.39 is 36.2 Å². The number of methoxy groups -OCH3 is 1. The lowest BCUT2D eigenvalue weighted by molar-refractivity contribution is -0.152. The van der Waals surface area contributed by atoms with Crippen molar-refractivity contribution in [3.8, 4) is 5.75 Å². The van der Waals surface area contributed by atoms with Crippen molar-refractivity contribution in [2.45, 2.75) is 51.8 Å². The van der Waals surface area contributed by atoms with Gasteiger partial charge in [0.2, 0.25) is 5.91 Å². The monoisotopic (exact) mass is 508 g/mol. The smallest absolute Gasteiger partial charge is 0.331 e. The molecular formula is C28H31N3O6. The number of esters is 1. The highest BCUT2D eigenvalue weighted by molar-refractivity contribution is 6.00. The third-order valence-electron chi connectivity index (χ3n) is 6.01. The van der Waals surface area contributed by atoms with Gasteiger partial charge in [-0.1, -0.05) is 18.2 Å². The maximum absolute atomic E-state index is 13.6. The number of carbonyl (C=O) groups excluding carboxylic acids is 3. The molecule has 1 unspecified atom stereocenters. The van der Waals surface area contributed by atoms with Crippen molar-refractivity contribution in [2.75, 3.05) is 7.11 Å². The van der Waals surface area contributed by atoms with E-state index in [1.54, 1.807) is 51.1 Å². The lowest BCUT2D eigenvalue weighted by atomic mass is 10.0. The van der Waals surface area contributed by atoms with Gasteiger partial charge in [0, 0.05) is 23.6 Å². The molecular weight excluding hydrogens is 474 g/mol. The Morgan fingerprint density at radius 2 is 1.84 bits per heavy atom. The zero-order valence-corrected chi connectivity index (χ0v) is 21.2. The minimum Gasteiger partial charge on any atom is -0.497 e. The molecule has 1 aliphatic heterocycles. The summed E-state index contributed by atoms with van der Waals surface area (Å²) in [5.41, 5.74) is -0.114. The van der Waals surface area contributed by atoms with Crippen molar-refractivity contribution < 1.29 is 28.0 Å². The number of nitrogens with zero attached hydrogens (tertiary/aromatic N) is 3. The Morgan fingerprint density at radius 3 is 2.49 bits per heavy atom. The minimum atomic E-state index is -2.84. The van der Waals surface area contributed by atoms with Crippen LogP contribution in [-0.2, 0) is 32.6 Å². The van der Waals surface area contributed by atoms with Crippen LogP contribution in [0.5, 0.6) is 5.75 Å². The van der Waals surface area contributed by atoms with E-state index in [9.17, 15) is 19.2 Å². The molecule has 0 bridgehead atoms. The molecule has 0 aliphatic carbocycles. The molecule has 1 fully saturated rings. The van der Waals surface area contributed by atoms with Crippen LogP contribution >= 0.6 is 0 Å². The van der Waals surface area contributed by atoms with Crippen molar-refractivity contribution in [3.05, 3.63) is 70.2 Å². The van der Waals surface area contributed by atoms with Crippen LogP contribution in [0.4, 0.5) is 0 Å². The molecule has 9 nitrogen and oxygen atoms in total. The van der Waals surface area contributed by atoms with Crippen LogP contribution in [0.15, 0.2) is 53.3 Å². The zero-order valence-electron chi connectivity index (χ0n) is 24.2. The molecule has 4 rings (SSSR count). The Morgan fingerprint density at radius 1 is 1.11 bits per heavy atom. The van der Waals surface area contributed by atoms with Gasteiger partial charge in [-0.3, -0.25) is 23.6 Å². The number of hydrogen-bond acceptors (Lipinski definition) is 6. The van der Waals surface area contributed by atoms with E-state index >= 15 is 0 Å². The number of fused-ring (bicyclic) bond motifs is 1. The van der Waals surface area contributed by atoms with Gasteiger partial charge in [-0.05, 0) is 68.7 Å². The molecule has 1 saturated heterocycles. The summed E-state index contributed by atoms with van der Waals surface area (Å²) in [6, 6.07) is 10.4. The van der Waals surface area contributed by atoms with Gasteiger partial charge in [0.05, 0.1) is 24.7 Å². The Kier molecular flexibility index (Phi) is 6.02. The molecule has 1 atom stereocenters. The van der Waals surface area contributed by atoms with E-state index in [4.69, 9.17) is 13.6 Å². The first-order valence-electron chi connectivity index (χ1n) is 13.4. The van der Waals surface area contributed by atoms with Crippen molar-refractivity contribution in [2.24, 2.45) is 6.98 Å². The highest BCUT2D eigenvalue weighted by Gasteiger charge is 2.37. The summed E-state index contributed by atoms with van der Waals surface area (Å²) in [6.45, 7) is 2.37. The van der Waals surface area contributed by atoms with Crippen LogP contribution in [0.3, 0.4) is 0 Å². The lowest BCUT2D eigenvalue weighted by Crippen LogP contribution is -2.47. The molecule has 2 heterocycles. The SMILES string of the molecule is [2H]C([2H])([2H])n1c(=O)n(C2CCC(=O)N(Cc3ccc(OC)cc3)C2=O)c2ccc(/C=C/C(=O)OC(C)(C)C)cc21. The minimum absolute atomic E-state index is 0.00440. The van der Waals surface area contributed by atoms with Crippen molar-refractivity contribution in [1.29, 1.82) is 0 Å². The van der Waals surface area contributed by atoms with Crippen molar-refractivity contribution in [1.82, 2.24) is 14.0 Å². The summed E-state index contributed by atoms with van der Waals surface area (Å²) in [7, 11) is 1.53. The Bertz CT molecular complexity index is 1540. The van der Waals surface area contributed by atoms with E-state index in [2.05, 4.69) is 0 Å². The van der Waals surface area contributed by atoms with E-state index in [0.717, 1.165) is 9.47 Å². The Balaban J connectivity index is 1.73. The largest absolute Gasteiger partial charge is 0.497 e. The molecule has 9 heteroatoms. The second-order valence-corrected chi connectivity index (χ2v) is 9.82. The van der Waals surface area contributed by atoms with Gasteiger partial charge in [-0.25, -0.2) is 9.59 Å². The van der Waals surface area contributed by atoms with E-state index in [0.29, 0.717) is 21.4 Å². The third-order valence-corrected chi connectivity index (χ3v) is 6.01. The number of piperidine rings is 1. The number of carbonyl (C=O) groups is 3. The third kappa shape index (κ3) is 5.50. The summed E-state index contributed by atoms with van der Waals surface area (Å²) in [5, 5.41) is 0. The molecule has 0 radical (unpaired) electrons. The summed E-state index contributed by atoms with van der Waals surface area (Å²) in [5.74, 6) is -0.915. The summed E-state index contributed by atoms with van der Waals surface area (Å²) in [4.78, 5) is 53.1. The van der Waals surface area contributed by atoms with Gasteiger partial charge in [0.25, 0.3) is 5.91 Å². The number of imide groups is 1. The Hall–Kier alpha value is -4.14. The van der Waals surface area contributed by atoms with Crippen LogP contribution in [-0.4, -0.2) is 44.5 Å². The van der Waals surface area contributed by atoms with Gasteiger partial charge >= 0.3 is 11.7 Å². The van der Waals surface area contributed by atoms with Crippen molar-refractivity contribution in [3.63, 3.8) is 0 Å². The molecule has 2 aromatic carbocycles. The molecule has 37 heavy (non-hydrogen) atoms. The lowest BCUT2D eigenvalue weighted by Gasteiger charge is -2.31. The van der Waals surface area contributed by atoms with Crippen LogP contribution < -0.4 is 10.4 Å². The molecule has 194 valence electrons. The summed E-state index contributed by atoms with van der Waals surface area (Å²) in [6.07, 6.45) is 2.74. The first kappa shape index (κ1) is 22.1. The van der Waals surface area contributed by atoms with Gasteiger partial charge in [0.15, 0.2) is 0 Å². The number of aryl methyl sites for hydroxylation is 1. The molecule has 2 amide bonds. The highest BCUT2D eigenvalue weighted by atomic mass is 16.6. The van der Waals surface area contributed by atoms with Gasteiger partial charge in [0.1, 0.15) is 17.4 Å². The number of imidazole rings is 1. The predicted molar refractivity (Wildman–Crippen MR) is 139 cm³/mol. The van der Waals surface area contributed by atoms with Crippen LogP contribution in [0, 0.1) is 0 Å². The summed E-state index contributed by atoms with van der Waals surface area (Å²) < 4.78 is 36.2. The summed E-state index contributed by atoms with van der Waals surface area (Å²) >= 11 is 0. The first-order valence-corrected chi connectivity index (χ1v) is 11.9. The second kappa shape index (κ2) is 10.1. The number of benzene rings is 2. The zero-order chi connectivity index (χ0) is 29.4. The van der Waals surface area contributed by atoms with Gasteiger partial charge in [-0.2, -0.15) is 0 Å². The molecule has 0 spiro atoms. The first-order chi connectivity index (χ1) is 18.7. The topological polar surface area (TPSA) is 99.8 Å². The van der Waals surface area contributed by atoms with E-state index in [1.807, 2.05) is 0 Å². The maximum atomic E-state index is 13.6. The fraction of sp³-hybridized carbons (Fsp3) is 0.357. The van der Waals surface area contributed by atoms with E-state index in [-0.39, 0.29) is 36.3 Å². The van der Waals surface area contributed by atoms with Gasteiger partial charge < -0.3 is 9.47 Å². The molecule has 0 N–H and O–H groups in total. The predicted octanol–water partition coefficient (Wildman–Crippen LogP) is 3.59. The number of hydrogen-bond donors (Lipinski definition) is 0. The number of ether oxygens (including phenoxy) is 2.